The van der Waals surface area contributed by atoms with Crippen LogP contribution >= 0.6 is 0 Å². The van der Waals surface area contributed by atoms with Crippen molar-refractivity contribution in [2.45, 2.75) is 45.8 Å². The zero-order valence-electron chi connectivity index (χ0n) is 16.6. The van der Waals surface area contributed by atoms with E-state index in [4.69, 9.17) is 9.72 Å². The third-order valence-corrected chi connectivity index (χ3v) is 4.25. The first kappa shape index (κ1) is 19.0. The Balaban J connectivity index is 1.86. The van der Waals surface area contributed by atoms with E-state index in [1.807, 2.05) is 35.1 Å². The molecule has 3 aromatic rings. The molecule has 0 aliphatic heterocycles. The van der Waals surface area contributed by atoms with Crippen molar-refractivity contribution >= 4 is 5.82 Å². The van der Waals surface area contributed by atoms with Crippen molar-refractivity contribution in [1.29, 1.82) is 0 Å². The number of ether oxygens (including phenoxy) is 1. The van der Waals surface area contributed by atoms with Crippen molar-refractivity contribution in [1.82, 2.24) is 19.7 Å². The fourth-order valence-electron chi connectivity index (χ4n) is 2.79. The van der Waals surface area contributed by atoms with E-state index in [0.717, 1.165) is 28.6 Å². The van der Waals surface area contributed by atoms with E-state index in [2.05, 4.69) is 55.2 Å². The number of hydrogen-bond donors (Lipinski definition) is 1. The Morgan fingerprint density at radius 1 is 1.15 bits per heavy atom. The van der Waals surface area contributed by atoms with Gasteiger partial charge in [-0.15, -0.1) is 0 Å². The van der Waals surface area contributed by atoms with Crippen LogP contribution in [0, 0.1) is 0 Å². The molecule has 0 radical (unpaired) electrons. The Morgan fingerprint density at radius 2 is 1.96 bits per heavy atom. The maximum Gasteiger partial charge on any atom is 0.136 e. The van der Waals surface area contributed by atoms with Crippen molar-refractivity contribution in [3.05, 3.63) is 65.9 Å². The molecule has 0 aliphatic carbocycles. The predicted octanol–water partition coefficient (Wildman–Crippen LogP) is 4.28. The molecule has 0 bridgehead atoms. The minimum absolute atomic E-state index is 0.0821. The average Bonchev–Trinajstić information content (AvgIpc) is 3.16. The third-order valence-electron chi connectivity index (χ3n) is 4.25. The summed E-state index contributed by atoms with van der Waals surface area (Å²) in [6.45, 7) is 8.92. The lowest BCUT2D eigenvalue weighted by Crippen LogP contribution is -2.19. The molecule has 3 rings (SSSR count). The quantitative estimate of drug-likeness (QED) is 0.706. The first-order chi connectivity index (χ1) is 12.9. The highest BCUT2D eigenvalue weighted by Crippen LogP contribution is 2.24. The van der Waals surface area contributed by atoms with Gasteiger partial charge in [0.25, 0.3) is 0 Å². The smallest absolute Gasteiger partial charge is 0.136 e. The molecule has 1 atom stereocenters. The van der Waals surface area contributed by atoms with Crippen LogP contribution in [-0.4, -0.2) is 26.9 Å². The monoisotopic (exact) mass is 365 g/mol. The molecule has 27 heavy (non-hydrogen) atoms. The zero-order valence-corrected chi connectivity index (χ0v) is 16.6. The lowest BCUT2D eigenvalue weighted by atomic mass is 9.95. The number of nitrogens with one attached hydrogen (secondary N) is 1. The van der Waals surface area contributed by atoms with Gasteiger partial charge in [0.05, 0.1) is 24.0 Å². The van der Waals surface area contributed by atoms with Gasteiger partial charge in [-0.05, 0) is 30.7 Å². The first-order valence-electron chi connectivity index (χ1n) is 9.10. The van der Waals surface area contributed by atoms with Crippen molar-refractivity contribution in [3.63, 3.8) is 0 Å². The number of nitrogens with zero attached hydrogens (tertiary/aromatic N) is 4. The summed E-state index contributed by atoms with van der Waals surface area (Å²) in [6, 6.07) is 12.3. The van der Waals surface area contributed by atoms with Gasteiger partial charge in [0.2, 0.25) is 0 Å². The first-order valence-corrected chi connectivity index (χ1v) is 9.10. The van der Waals surface area contributed by atoms with Gasteiger partial charge in [-0.2, -0.15) is 5.10 Å². The molecule has 0 amide bonds. The molecule has 6 nitrogen and oxygen atoms in total. The van der Waals surface area contributed by atoms with Crippen LogP contribution in [0.15, 0.2) is 48.8 Å². The van der Waals surface area contributed by atoms with Crippen LogP contribution in [0.2, 0.25) is 0 Å². The molecule has 0 aliphatic rings. The van der Waals surface area contributed by atoms with E-state index in [9.17, 15) is 0 Å². The summed E-state index contributed by atoms with van der Waals surface area (Å²) in [5.41, 5.74) is 2.93. The molecule has 2 heterocycles. The molecule has 1 unspecified atom stereocenters. The van der Waals surface area contributed by atoms with Gasteiger partial charge in [0, 0.05) is 31.0 Å². The summed E-state index contributed by atoms with van der Waals surface area (Å²) >= 11 is 0. The summed E-state index contributed by atoms with van der Waals surface area (Å²) in [5, 5.41) is 7.81. The van der Waals surface area contributed by atoms with E-state index in [1.54, 1.807) is 13.3 Å². The van der Waals surface area contributed by atoms with Crippen molar-refractivity contribution in [2.24, 2.45) is 0 Å². The van der Waals surface area contributed by atoms with E-state index < -0.39 is 0 Å². The van der Waals surface area contributed by atoms with Gasteiger partial charge >= 0.3 is 0 Å². The predicted molar refractivity (Wildman–Crippen MR) is 107 cm³/mol. The van der Waals surface area contributed by atoms with Crippen LogP contribution in [0.5, 0.6) is 0 Å². The summed E-state index contributed by atoms with van der Waals surface area (Å²) in [6.07, 6.45) is 3.72. The van der Waals surface area contributed by atoms with Gasteiger partial charge in [-0.1, -0.05) is 32.9 Å². The fraction of sp³-hybridized carbons (Fsp3) is 0.381. The van der Waals surface area contributed by atoms with Crippen LogP contribution in [0.3, 0.4) is 0 Å². The summed E-state index contributed by atoms with van der Waals surface area (Å²) in [4.78, 5) is 9.36. The number of methoxy groups -OCH3 is 1. The zero-order chi connectivity index (χ0) is 19.4. The number of benzene rings is 1. The van der Waals surface area contributed by atoms with E-state index in [0.29, 0.717) is 6.61 Å². The summed E-state index contributed by atoms with van der Waals surface area (Å²) in [5.74, 6) is 1.61. The van der Waals surface area contributed by atoms with E-state index in [1.165, 1.54) is 0 Å². The molecule has 0 saturated heterocycles. The summed E-state index contributed by atoms with van der Waals surface area (Å²) in [7, 11) is 1.68. The molecule has 0 saturated carbocycles. The lowest BCUT2D eigenvalue weighted by molar-refractivity contribution is 0.181. The van der Waals surface area contributed by atoms with E-state index >= 15 is 0 Å². The van der Waals surface area contributed by atoms with Crippen LogP contribution in [0.4, 0.5) is 5.82 Å². The highest BCUT2D eigenvalue weighted by molar-refractivity contribution is 5.43. The number of aromatic nitrogens is 4. The average molecular weight is 365 g/mol. The second-order valence-corrected chi connectivity index (χ2v) is 7.66. The molecule has 142 valence electrons. The van der Waals surface area contributed by atoms with Crippen LogP contribution < -0.4 is 5.32 Å². The van der Waals surface area contributed by atoms with Gasteiger partial charge < -0.3 is 10.1 Å². The maximum atomic E-state index is 5.27. The molecule has 0 spiro atoms. The minimum Gasteiger partial charge on any atom is -0.378 e. The molecular formula is C21H27N5O. The number of hydrogen-bond acceptors (Lipinski definition) is 5. The molecule has 2 aromatic heterocycles. The highest BCUT2D eigenvalue weighted by atomic mass is 16.5. The highest BCUT2D eigenvalue weighted by Gasteiger charge is 2.20. The summed E-state index contributed by atoms with van der Waals surface area (Å²) < 4.78 is 7.13. The van der Waals surface area contributed by atoms with Crippen molar-refractivity contribution in [3.8, 4) is 5.69 Å². The molecule has 1 N–H and O–H groups in total. The normalized spacial score (nSPS) is 12.8. The Morgan fingerprint density at radius 3 is 2.63 bits per heavy atom. The molecule has 1 aromatic carbocycles. The Hall–Kier alpha value is -2.73. The number of anilines is 1. The van der Waals surface area contributed by atoms with Crippen LogP contribution in [0.1, 0.15) is 50.8 Å². The maximum absolute atomic E-state index is 5.27. The van der Waals surface area contributed by atoms with Gasteiger partial charge in [-0.25, -0.2) is 14.6 Å². The fourth-order valence-corrected chi connectivity index (χ4v) is 2.79. The molecular weight excluding hydrogens is 338 g/mol. The van der Waals surface area contributed by atoms with Crippen molar-refractivity contribution in [2.75, 3.05) is 12.4 Å². The third kappa shape index (κ3) is 4.71. The minimum atomic E-state index is -0.135. The second-order valence-electron chi connectivity index (χ2n) is 7.66. The van der Waals surface area contributed by atoms with Crippen molar-refractivity contribution < 1.29 is 4.74 Å². The lowest BCUT2D eigenvalue weighted by Gasteiger charge is -2.21. The second kappa shape index (κ2) is 7.88. The SMILES string of the molecule is COCc1cc(NC(C)c2cccc(-n3cccn3)c2)nc(C(C)(C)C)n1. The Bertz CT molecular complexity index is 884. The Kier molecular flexibility index (Phi) is 5.56. The standard InChI is InChI=1S/C21H27N5O/c1-15(16-8-6-9-18(12-16)26-11-7-10-22-26)23-19-13-17(14-27-5)24-20(25-19)21(2,3)4/h6-13,15H,14H2,1-5H3,(H,23,24,25). The molecule has 6 heteroatoms. The topological polar surface area (TPSA) is 64.9 Å². The van der Waals surface area contributed by atoms with Gasteiger partial charge in [0.1, 0.15) is 11.6 Å². The van der Waals surface area contributed by atoms with Gasteiger partial charge in [0.15, 0.2) is 0 Å². The van der Waals surface area contributed by atoms with E-state index in [-0.39, 0.29) is 11.5 Å². The largest absolute Gasteiger partial charge is 0.378 e. The van der Waals surface area contributed by atoms with Gasteiger partial charge in [-0.3, -0.25) is 0 Å². The number of rotatable bonds is 6. The Labute approximate surface area is 160 Å². The molecule has 0 fully saturated rings. The van der Waals surface area contributed by atoms with Crippen LogP contribution in [0.25, 0.3) is 5.69 Å². The van der Waals surface area contributed by atoms with Crippen LogP contribution in [-0.2, 0) is 16.8 Å².